The van der Waals surface area contributed by atoms with Gasteiger partial charge in [-0.25, -0.2) is 4.98 Å². The molecule has 0 radical (unpaired) electrons. The summed E-state index contributed by atoms with van der Waals surface area (Å²) >= 11 is 1.70. The average molecular weight is 413 g/mol. The van der Waals surface area contributed by atoms with Gasteiger partial charge in [0, 0.05) is 26.1 Å². The first-order chi connectivity index (χ1) is 14.2. The lowest BCUT2D eigenvalue weighted by Gasteiger charge is -2.31. The van der Waals surface area contributed by atoms with Gasteiger partial charge in [0.05, 0.1) is 22.9 Å². The quantitative estimate of drug-likeness (QED) is 0.561. The molecule has 5 nitrogen and oxygen atoms in total. The fourth-order valence-corrected chi connectivity index (χ4v) is 4.65. The van der Waals surface area contributed by atoms with Crippen LogP contribution in [0, 0.1) is 0 Å². The summed E-state index contributed by atoms with van der Waals surface area (Å²) in [4.78, 5) is 7.23. The topological polar surface area (TPSA) is 54.8 Å². The molecule has 4 rings (SSSR count). The van der Waals surface area contributed by atoms with Gasteiger partial charge in [0.15, 0.2) is 0 Å². The molecule has 1 N–H and O–H groups in total. The highest BCUT2D eigenvalue weighted by Crippen LogP contribution is 2.36. The zero-order valence-electron chi connectivity index (χ0n) is 16.8. The first-order valence-electron chi connectivity index (χ1n) is 10.3. The predicted molar refractivity (Wildman–Crippen MR) is 117 cm³/mol. The number of benzene rings is 2. The maximum atomic E-state index is 9.00. The molecule has 2 aromatic carbocycles. The molecule has 154 valence electrons. The largest absolute Gasteiger partial charge is 0.493 e. The van der Waals surface area contributed by atoms with Crippen molar-refractivity contribution in [1.82, 2.24) is 9.88 Å². The van der Waals surface area contributed by atoms with Crippen LogP contribution in [0.4, 0.5) is 0 Å². The van der Waals surface area contributed by atoms with Crippen molar-refractivity contribution in [3.05, 3.63) is 59.1 Å². The summed E-state index contributed by atoms with van der Waals surface area (Å²) in [5, 5.41) is 9.98. The number of aliphatic hydroxyl groups is 1. The predicted octanol–water partition coefficient (Wildman–Crippen LogP) is 4.26. The number of ether oxygens (including phenoxy) is 2. The molecule has 0 bridgehead atoms. The van der Waals surface area contributed by atoms with E-state index in [1.807, 2.05) is 30.3 Å². The van der Waals surface area contributed by atoms with Gasteiger partial charge in [0.1, 0.15) is 16.9 Å². The summed E-state index contributed by atoms with van der Waals surface area (Å²) < 4.78 is 13.6. The maximum Gasteiger partial charge on any atom is 0.135 e. The van der Waals surface area contributed by atoms with E-state index in [1.54, 1.807) is 11.3 Å². The molecule has 1 aliphatic heterocycles. The molecular weight excluding hydrogens is 384 g/mol. The van der Waals surface area contributed by atoms with E-state index in [9.17, 15) is 0 Å². The molecule has 1 unspecified atom stereocenters. The highest BCUT2D eigenvalue weighted by atomic mass is 32.1. The molecule has 1 atom stereocenters. The Kier molecular flexibility index (Phi) is 6.77. The van der Waals surface area contributed by atoms with Crippen molar-refractivity contribution in [1.29, 1.82) is 0 Å². The molecule has 1 saturated heterocycles. The lowest BCUT2D eigenvalue weighted by Crippen LogP contribution is -2.35. The van der Waals surface area contributed by atoms with E-state index >= 15 is 0 Å². The number of rotatable bonds is 8. The van der Waals surface area contributed by atoms with Crippen LogP contribution in [0.25, 0.3) is 10.2 Å². The molecule has 0 amide bonds. The van der Waals surface area contributed by atoms with Crippen LogP contribution in [0.3, 0.4) is 0 Å². The molecular formula is C23H28N2O3S. The molecule has 0 spiro atoms. The van der Waals surface area contributed by atoms with Gasteiger partial charge in [-0.3, -0.25) is 0 Å². The van der Waals surface area contributed by atoms with Crippen LogP contribution >= 0.6 is 11.3 Å². The molecule has 3 aromatic rings. The Morgan fingerprint density at radius 1 is 1.17 bits per heavy atom. The van der Waals surface area contributed by atoms with Gasteiger partial charge in [-0.1, -0.05) is 24.3 Å². The number of fused-ring (bicyclic) bond motifs is 1. The van der Waals surface area contributed by atoms with Gasteiger partial charge in [-0.15, -0.1) is 11.3 Å². The van der Waals surface area contributed by atoms with Crippen LogP contribution < -0.4 is 4.74 Å². The minimum atomic E-state index is -0.206. The number of hydrogen-bond donors (Lipinski definition) is 1. The Balaban J connectivity index is 1.61. The lowest BCUT2D eigenvalue weighted by molar-refractivity contribution is -0.0235. The van der Waals surface area contributed by atoms with E-state index in [0.717, 1.165) is 47.8 Å². The lowest BCUT2D eigenvalue weighted by atomic mass is 10.1. The highest BCUT2D eigenvalue weighted by Gasteiger charge is 2.26. The molecule has 1 fully saturated rings. The summed E-state index contributed by atoms with van der Waals surface area (Å²) in [5.41, 5.74) is 2.07. The van der Waals surface area contributed by atoms with Gasteiger partial charge in [0.25, 0.3) is 0 Å². The fraction of sp³-hybridized carbons (Fsp3) is 0.435. The van der Waals surface area contributed by atoms with Crippen LogP contribution in [-0.4, -0.2) is 54.4 Å². The van der Waals surface area contributed by atoms with E-state index in [1.165, 1.54) is 4.70 Å². The van der Waals surface area contributed by atoms with Crippen LogP contribution in [0.2, 0.25) is 0 Å². The minimum absolute atomic E-state index is 0.132. The zero-order chi connectivity index (χ0) is 20.1. The third kappa shape index (κ3) is 5.14. The van der Waals surface area contributed by atoms with Crippen molar-refractivity contribution in [3.8, 4) is 5.75 Å². The Hall–Kier alpha value is -1.99. The average Bonchev–Trinajstić information content (AvgIpc) is 3.17. The second-order valence-electron chi connectivity index (χ2n) is 7.54. The van der Waals surface area contributed by atoms with Crippen LogP contribution in [0.5, 0.6) is 5.75 Å². The summed E-state index contributed by atoms with van der Waals surface area (Å²) in [6.45, 7) is 2.75. The minimum Gasteiger partial charge on any atom is -0.493 e. The Morgan fingerprint density at radius 2 is 2.00 bits per heavy atom. The molecule has 6 heteroatoms. The Morgan fingerprint density at radius 3 is 2.79 bits per heavy atom. The van der Waals surface area contributed by atoms with E-state index in [-0.39, 0.29) is 18.8 Å². The number of thiazole rings is 1. The zero-order valence-corrected chi connectivity index (χ0v) is 17.6. The van der Waals surface area contributed by atoms with Gasteiger partial charge in [-0.05, 0) is 49.7 Å². The first-order valence-corrected chi connectivity index (χ1v) is 11.1. The second-order valence-corrected chi connectivity index (χ2v) is 8.60. The summed E-state index contributed by atoms with van der Waals surface area (Å²) in [6, 6.07) is 16.3. The summed E-state index contributed by atoms with van der Waals surface area (Å²) in [7, 11) is 2.16. The molecule has 29 heavy (non-hydrogen) atoms. The molecule has 0 saturated carbocycles. The molecule has 1 aliphatic rings. The van der Waals surface area contributed by atoms with Gasteiger partial charge in [0.2, 0.25) is 0 Å². The van der Waals surface area contributed by atoms with Crippen LogP contribution in [0.15, 0.2) is 48.5 Å². The van der Waals surface area contributed by atoms with E-state index in [4.69, 9.17) is 19.6 Å². The number of aromatic nitrogens is 1. The Bertz CT molecular complexity index is 888. The smallest absolute Gasteiger partial charge is 0.135 e. The molecule has 0 aliphatic carbocycles. The molecule has 1 aromatic heterocycles. The van der Waals surface area contributed by atoms with E-state index in [2.05, 4.69) is 30.1 Å². The van der Waals surface area contributed by atoms with Crippen molar-refractivity contribution >= 4 is 21.6 Å². The van der Waals surface area contributed by atoms with Crippen molar-refractivity contribution in [2.75, 3.05) is 33.4 Å². The second kappa shape index (κ2) is 9.67. The standard InChI is InChI=1S/C23H28N2O3S/c1-25-12-10-18(11-13-25)28-22(23-24-20-8-2-3-9-21(20)29-23)17-6-4-7-19(16-17)27-15-5-14-26/h2-4,6-9,16,18,22,26H,5,10-15H2,1H3. The highest BCUT2D eigenvalue weighted by molar-refractivity contribution is 7.18. The molecule has 2 heterocycles. The van der Waals surface area contributed by atoms with Gasteiger partial charge in [-0.2, -0.15) is 0 Å². The van der Waals surface area contributed by atoms with Crippen molar-refractivity contribution in [2.24, 2.45) is 0 Å². The summed E-state index contributed by atoms with van der Waals surface area (Å²) in [5.74, 6) is 0.800. The number of likely N-dealkylation sites (tertiary alicyclic amines) is 1. The summed E-state index contributed by atoms with van der Waals surface area (Å²) in [6.07, 6.45) is 2.71. The Labute approximate surface area is 175 Å². The SMILES string of the molecule is CN1CCC(OC(c2cccc(OCCCO)c2)c2nc3ccccc3s2)CC1. The monoisotopic (exact) mass is 412 g/mol. The number of aliphatic hydroxyl groups excluding tert-OH is 1. The number of nitrogens with zero attached hydrogens (tertiary/aromatic N) is 2. The number of hydrogen-bond acceptors (Lipinski definition) is 6. The van der Waals surface area contributed by atoms with Crippen molar-refractivity contribution < 1.29 is 14.6 Å². The van der Waals surface area contributed by atoms with Gasteiger partial charge >= 0.3 is 0 Å². The third-order valence-corrected chi connectivity index (χ3v) is 6.34. The normalized spacial score (nSPS) is 16.9. The van der Waals surface area contributed by atoms with Gasteiger partial charge < -0.3 is 19.5 Å². The van der Waals surface area contributed by atoms with Crippen LogP contribution in [0.1, 0.15) is 35.9 Å². The number of para-hydroxylation sites is 1. The fourth-order valence-electron chi connectivity index (χ4n) is 3.62. The van der Waals surface area contributed by atoms with E-state index < -0.39 is 0 Å². The number of piperidine rings is 1. The van der Waals surface area contributed by atoms with Crippen LogP contribution in [-0.2, 0) is 4.74 Å². The maximum absolute atomic E-state index is 9.00. The first kappa shape index (κ1) is 20.3. The van der Waals surface area contributed by atoms with Crippen molar-refractivity contribution in [2.45, 2.75) is 31.5 Å². The van der Waals surface area contributed by atoms with E-state index in [0.29, 0.717) is 13.0 Å². The third-order valence-electron chi connectivity index (χ3n) is 5.26. The van der Waals surface area contributed by atoms with Crippen molar-refractivity contribution in [3.63, 3.8) is 0 Å².